The number of H-pyrrole nitrogens is 1. The molecule has 0 aliphatic carbocycles. The third kappa shape index (κ3) is 11.5. The summed E-state index contributed by atoms with van der Waals surface area (Å²) in [4.78, 5) is 67.8. The van der Waals surface area contributed by atoms with Gasteiger partial charge in [0.05, 0.1) is 40.4 Å². The number of imidazole rings is 1. The summed E-state index contributed by atoms with van der Waals surface area (Å²) in [5.41, 5.74) is 4.30. The third-order valence-corrected chi connectivity index (χ3v) is 13.3. The number of aromatic nitrogens is 10. The number of anilines is 3. The molecule has 70 heavy (non-hydrogen) atoms. The first kappa shape index (κ1) is 48.6. The molecule has 5 N–H and O–H groups in total. The average molecular weight is 985 g/mol. The fourth-order valence-electron chi connectivity index (χ4n) is 7.26. The van der Waals surface area contributed by atoms with Gasteiger partial charge < -0.3 is 31.2 Å². The predicted octanol–water partition coefficient (Wildman–Crippen LogP) is 8.03. The van der Waals surface area contributed by atoms with Crippen molar-refractivity contribution in [2.24, 2.45) is 0 Å². The number of nitro benzene ring substituents is 1. The molecule has 9 aromatic rings. The molecule has 0 atom stereocenters. The number of pyridine rings is 2. The van der Waals surface area contributed by atoms with E-state index in [1.807, 2.05) is 18.2 Å². The van der Waals surface area contributed by atoms with Crippen LogP contribution < -0.4 is 21.3 Å². The Kier molecular flexibility index (Phi) is 15.6. The van der Waals surface area contributed by atoms with Crippen LogP contribution in [0.25, 0.3) is 31.7 Å². The lowest BCUT2D eigenvalue weighted by Gasteiger charge is -2.37. The number of likely N-dealkylation sites (tertiary alicyclic amines) is 1. The molecular formula is C47H46F2N16O3S2. The lowest BCUT2D eigenvalue weighted by atomic mass is 10.0. The topological polar surface area (TPSA) is 243 Å². The summed E-state index contributed by atoms with van der Waals surface area (Å²) < 4.78 is 27.5. The van der Waals surface area contributed by atoms with Gasteiger partial charge in [-0.3, -0.25) is 24.9 Å². The van der Waals surface area contributed by atoms with Crippen LogP contribution in [-0.2, 0) is 24.3 Å². The van der Waals surface area contributed by atoms with E-state index in [1.54, 1.807) is 53.3 Å². The first-order chi connectivity index (χ1) is 33.7. The van der Waals surface area contributed by atoms with E-state index in [4.69, 9.17) is 4.98 Å². The highest BCUT2D eigenvalue weighted by atomic mass is 32.1. The van der Waals surface area contributed by atoms with Crippen molar-refractivity contribution in [3.05, 3.63) is 159 Å². The second kappa shape index (κ2) is 22.5. The molecule has 19 nitrogen and oxygen atoms in total. The van der Waals surface area contributed by atoms with Gasteiger partial charge >= 0.3 is 0 Å². The summed E-state index contributed by atoms with van der Waals surface area (Å²) in [5, 5.41) is 24.5. The van der Waals surface area contributed by atoms with Gasteiger partial charge in [0, 0.05) is 69.4 Å². The minimum atomic E-state index is -0.557. The van der Waals surface area contributed by atoms with Crippen molar-refractivity contribution >= 4 is 83.3 Å². The van der Waals surface area contributed by atoms with E-state index in [-0.39, 0.29) is 43.5 Å². The molecule has 0 spiro atoms. The number of fused-ring (bicyclic) bond motifs is 3. The summed E-state index contributed by atoms with van der Waals surface area (Å²) in [6.07, 6.45) is 8.11. The Labute approximate surface area is 407 Å². The number of nitrogens with one attached hydrogen (secondary N) is 5. The zero-order valence-corrected chi connectivity index (χ0v) is 38.2. The molecule has 2 aromatic carbocycles. The summed E-state index contributed by atoms with van der Waals surface area (Å²) in [5.74, 6) is 1.94. The van der Waals surface area contributed by atoms with Gasteiger partial charge in [-0.15, -0.1) is 0 Å². The number of halogens is 2. The Balaban J connectivity index is 0.000000154. The van der Waals surface area contributed by atoms with Crippen molar-refractivity contribution < 1.29 is 18.5 Å². The van der Waals surface area contributed by atoms with Gasteiger partial charge in [0.2, 0.25) is 5.91 Å². The Morgan fingerprint density at radius 3 is 1.93 bits per heavy atom. The van der Waals surface area contributed by atoms with Crippen LogP contribution in [0.2, 0.25) is 0 Å². The largest absolute Gasteiger partial charge is 0.362 e. The number of rotatable bonds is 14. The number of nitrogens with zero attached hydrogens (tertiary/aromatic N) is 11. The van der Waals surface area contributed by atoms with E-state index >= 15 is 0 Å². The van der Waals surface area contributed by atoms with Crippen molar-refractivity contribution in [2.75, 3.05) is 48.7 Å². The number of carbonyl (C=O) groups is 1. The Bertz CT molecular complexity index is 3230. The number of para-hydroxylation sites is 4. The van der Waals surface area contributed by atoms with E-state index < -0.39 is 10.8 Å². The van der Waals surface area contributed by atoms with Crippen LogP contribution in [0.15, 0.2) is 110 Å². The highest BCUT2D eigenvalue weighted by Crippen LogP contribution is 2.35. The molecule has 2 aliphatic heterocycles. The van der Waals surface area contributed by atoms with E-state index in [9.17, 15) is 23.7 Å². The highest BCUT2D eigenvalue weighted by molar-refractivity contribution is 7.18. The van der Waals surface area contributed by atoms with Crippen LogP contribution >= 0.6 is 22.7 Å². The van der Waals surface area contributed by atoms with Crippen LogP contribution in [-0.4, -0.2) is 98.3 Å². The molecule has 0 unspecified atom stereocenters. The first-order valence-electron chi connectivity index (χ1n) is 21.6. The maximum atomic E-state index is 13.9. The number of hydrogen-bond acceptors (Lipinski definition) is 18. The number of carbonyl (C=O) groups excluding carboxylic acids is 1. The third-order valence-electron chi connectivity index (χ3n) is 11.0. The number of thiazole rings is 2. The molecule has 2 aliphatic rings. The minimum absolute atomic E-state index is 0. The number of aromatic amines is 1. The zero-order valence-electron chi connectivity index (χ0n) is 36.6. The van der Waals surface area contributed by atoms with Gasteiger partial charge in [-0.25, -0.2) is 43.7 Å². The second-order valence-corrected chi connectivity index (χ2v) is 17.7. The predicted molar refractivity (Wildman–Crippen MR) is 267 cm³/mol. The SMILES string of the molecule is C.C=CC(=O)Nc1ccccc1[N+](=O)[O-].Fc1cccnc1CNc1ncnc2sc(C3CN(CCc4nc5ccccc5[nH]4)C3)nc12.Fc1cccnc1CNc1ncnc2sc(C3CNC3)nc12. The van der Waals surface area contributed by atoms with Gasteiger partial charge in [-0.2, -0.15) is 0 Å². The molecule has 2 saturated heterocycles. The molecule has 11 rings (SSSR count). The molecule has 9 heterocycles. The molecule has 23 heteroatoms. The van der Waals surface area contributed by atoms with Gasteiger partial charge in [-0.1, -0.05) is 60.9 Å². The maximum absolute atomic E-state index is 13.9. The van der Waals surface area contributed by atoms with Crippen molar-refractivity contribution in [1.29, 1.82) is 0 Å². The summed E-state index contributed by atoms with van der Waals surface area (Å²) >= 11 is 3.19. The summed E-state index contributed by atoms with van der Waals surface area (Å²) in [7, 11) is 0. The normalized spacial score (nSPS) is 13.5. The fourth-order valence-corrected chi connectivity index (χ4v) is 9.26. The molecule has 0 saturated carbocycles. The number of nitro groups is 1. The second-order valence-electron chi connectivity index (χ2n) is 15.7. The monoisotopic (exact) mass is 984 g/mol. The Hall–Kier alpha value is -7.86. The maximum Gasteiger partial charge on any atom is 0.292 e. The quantitative estimate of drug-likeness (QED) is 0.0393. The van der Waals surface area contributed by atoms with Crippen molar-refractivity contribution in [2.45, 2.75) is 38.8 Å². The van der Waals surface area contributed by atoms with E-state index in [0.29, 0.717) is 34.9 Å². The molecule has 0 radical (unpaired) electrons. The average Bonchev–Trinajstić information content (AvgIpc) is 4.08. The van der Waals surface area contributed by atoms with Gasteiger partial charge in [0.15, 0.2) is 11.6 Å². The van der Waals surface area contributed by atoms with Gasteiger partial charge in [0.1, 0.15) is 66.5 Å². The van der Waals surface area contributed by atoms with Crippen molar-refractivity contribution in [3.8, 4) is 0 Å². The zero-order chi connectivity index (χ0) is 47.7. The smallest absolute Gasteiger partial charge is 0.292 e. The van der Waals surface area contributed by atoms with Crippen molar-refractivity contribution in [3.63, 3.8) is 0 Å². The number of benzene rings is 2. The van der Waals surface area contributed by atoms with Gasteiger partial charge in [-0.05, 0) is 48.5 Å². The standard InChI is InChI=1S/C23H21FN8S.C14H13FN6S.C9H8N2O3.CH4/c24-15-4-3-8-25-18(15)10-26-21-20-23(28-13-27-21)33-22(31-20)14-11-32(12-14)9-7-19-29-16-5-1-2-6-17(16)30-19;15-9-2-1-3-17-10(9)6-18-12-11-14(20-7-19-12)22-13(21-11)8-4-16-5-8;1-2-9(12)10-7-5-3-4-6-8(7)11(13)14;/h1-6,8,13-14H,7,9-12H2,(H,29,30)(H,26,27,28);1-3,7-8,16H,4-6H2,(H,18,19,20);2-6H,1H2,(H,10,12);1H4. The van der Waals surface area contributed by atoms with E-state index in [1.165, 1.54) is 43.0 Å². The van der Waals surface area contributed by atoms with Crippen molar-refractivity contribution in [1.82, 2.24) is 60.1 Å². The molecule has 7 aromatic heterocycles. The van der Waals surface area contributed by atoms with Crippen LogP contribution in [0.5, 0.6) is 0 Å². The highest BCUT2D eigenvalue weighted by Gasteiger charge is 2.31. The molecular weight excluding hydrogens is 939 g/mol. The minimum Gasteiger partial charge on any atom is -0.362 e. The van der Waals surface area contributed by atoms with E-state index in [2.05, 4.69) is 83.7 Å². The molecule has 0 bridgehead atoms. The van der Waals surface area contributed by atoms with Crippen LogP contribution in [0.3, 0.4) is 0 Å². The fraction of sp³-hybridized carbons (Fsp3) is 0.234. The van der Waals surface area contributed by atoms with Crippen LogP contribution in [0, 0.1) is 21.7 Å². The molecule has 1 amide bonds. The number of hydrogen-bond donors (Lipinski definition) is 5. The Morgan fingerprint density at radius 1 is 0.786 bits per heavy atom. The molecule has 2 fully saturated rings. The van der Waals surface area contributed by atoms with Gasteiger partial charge in [0.25, 0.3) is 5.69 Å². The first-order valence-corrected chi connectivity index (χ1v) is 23.2. The van der Waals surface area contributed by atoms with Crippen LogP contribution in [0.1, 0.15) is 46.5 Å². The lowest BCUT2D eigenvalue weighted by molar-refractivity contribution is -0.383. The van der Waals surface area contributed by atoms with Crippen LogP contribution in [0.4, 0.5) is 31.8 Å². The molecule has 358 valence electrons. The summed E-state index contributed by atoms with van der Waals surface area (Å²) in [6.45, 7) is 8.55. The number of amides is 1. The summed E-state index contributed by atoms with van der Waals surface area (Å²) in [6, 6.07) is 20.0. The Morgan fingerprint density at radius 2 is 1.37 bits per heavy atom. The lowest BCUT2D eigenvalue weighted by Crippen LogP contribution is -2.45. The van der Waals surface area contributed by atoms with E-state index in [0.717, 1.165) is 92.8 Å².